The summed E-state index contributed by atoms with van der Waals surface area (Å²) in [4.78, 5) is 9.28. The molecule has 0 radical (unpaired) electrons. The third-order valence-electron chi connectivity index (χ3n) is 5.00. The summed E-state index contributed by atoms with van der Waals surface area (Å²) < 4.78 is 0. The zero-order valence-corrected chi connectivity index (χ0v) is 18.9. The molecular formula is C20H36IN5. The maximum Gasteiger partial charge on any atom is 0.190 e. The molecule has 26 heavy (non-hydrogen) atoms. The van der Waals surface area contributed by atoms with Gasteiger partial charge in [-0.15, -0.1) is 24.0 Å². The van der Waals surface area contributed by atoms with Gasteiger partial charge in [-0.1, -0.05) is 25.1 Å². The SMILES string of the molecule is CCN1CCC(CNC(=NC)NCCCN(CC)c2ccccc2)C1.I. The van der Waals surface area contributed by atoms with E-state index < -0.39 is 0 Å². The van der Waals surface area contributed by atoms with Gasteiger partial charge in [-0.2, -0.15) is 0 Å². The Kier molecular flexibility index (Phi) is 11.7. The predicted octanol–water partition coefficient (Wildman–Crippen LogP) is 3.03. The monoisotopic (exact) mass is 473 g/mol. The van der Waals surface area contributed by atoms with Gasteiger partial charge in [-0.25, -0.2) is 0 Å². The van der Waals surface area contributed by atoms with Crippen molar-refractivity contribution in [3.05, 3.63) is 30.3 Å². The Bertz CT molecular complexity index is 508. The van der Waals surface area contributed by atoms with Crippen LogP contribution in [-0.4, -0.2) is 63.7 Å². The number of rotatable bonds is 9. The van der Waals surface area contributed by atoms with Gasteiger partial charge < -0.3 is 20.4 Å². The van der Waals surface area contributed by atoms with E-state index in [2.05, 4.69) is 69.6 Å². The van der Waals surface area contributed by atoms with Crippen molar-refractivity contribution in [2.24, 2.45) is 10.9 Å². The highest BCUT2D eigenvalue weighted by Gasteiger charge is 2.20. The van der Waals surface area contributed by atoms with Crippen molar-refractivity contribution < 1.29 is 0 Å². The lowest BCUT2D eigenvalue weighted by molar-refractivity contribution is 0.342. The van der Waals surface area contributed by atoms with Gasteiger partial charge in [-0.05, 0) is 50.9 Å². The first-order valence-corrected chi connectivity index (χ1v) is 9.73. The number of guanidine groups is 1. The highest BCUT2D eigenvalue weighted by molar-refractivity contribution is 14.0. The number of likely N-dealkylation sites (tertiary alicyclic amines) is 1. The molecular weight excluding hydrogens is 437 g/mol. The Labute approximate surface area is 176 Å². The molecule has 1 unspecified atom stereocenters. The molecule has 0 amide bonds. The third-order valence-corrected chi connectivity index (χ3v) is 5.00. The Morgan fingerprint density at radius 3 is 2.62 bits per heavy atom. The fourth-order valence-electron chi connectivity index (χ4n) is 3.41. The Balaban J connectivity index is 0.00000338. The van der Waals surface area contributed by atoms with Crippen LogP contribution in [0.15, 0.2) is 35.3 Å². The van der Waals surface area contributed by atoms with Crippen molar-refractivity contribution in [1.29, 1.82) is 0 Å². The summed E-state index contributed by atoms with van der Waals surface area (Å²) in [5, 5.41) is 6.94. The van der Waals surface area contributed by atoms with Crippen LogP contribution in [-0.2, 0) is 0 Å². The quantitative estimate of drug-likeness (QED) is 0.251. The maximum absolute atomic E-state index is 4.35. The summed E-state index contributed by atoms with van der Waals surface area (Å²) in [5.41, 5.74) is 1.30. The Morgan fingerprint density at radius 1 is 1.23 bits per heavy atom. The third kappa shape index (κ3) is 7.70. The van der Waals surface area contributed by atoms with Crippen LogP contribution in [0.3, 0.4) is 0 Å². The second-order valence-electron chi connectivity index (χ2n) is 6.70. The van der Waals surface area contributed by atoms with Crippen LogP contribution in [0.5, 0.6) is 0 Å². The van der Waals surface area contributed by atoms with E-state index in [9.17, 15) is 0 Å². The number of hydrogen-bond acceptors (Lipinski definition) is 3. The fraction of sp³-hybridized carbons (Fsp3) is 0.650. The molecule has 0 spiro atoms. The summed E-state index contributed by atoms with van der Waals surface area (Å²) in [6.45, 7) is 12.1. The topological polar surface area (TPSA) is 42.9 Å². The highest BCUT2D eigenvalue weighted by Crippen LogP contribution is 2.14. The number of benzene rings is 1. The van der Waals surface area contributed by atoms with Gasteiger partial charge in [0.05, 0.1) is 0 Å². The molecule has 6 heteroatoms. The summed E-state index contributed by atoms with van der Waals surface area (Å²) in [6, 6.07) is 10.6. The van der Waals surface area contributed by atoms with Gasteiger partial charge in [-0.3, -0.25) is 4.99 Å². The number of aliphatic imine (C=N–C) groups is 1. The van der Waals surface area contributed by atoms with Gasteiger partial charge in [0.2, 0.25) is 0 Å². The van der Waals surface area contributed by atoms with Gasteiger partial charge in [0.25, 0.3) is 0 Å². The van der Waals surface area contributed by atoms with Crippen LogP contribution in [0.25, 0.3) is 0 Å². The average molecular weight is 473 g/mol. The van der Waals surface area contributed by atoms with Crippen LogP contribution in [0.1, 0.15) is 26.7 Å². The number of halogens is 1. The van der Waals surface area contributed by atoms with Crippen molar-refractivity contribution >= 4 is 35.6 Å². The van der Waals surface area contributed by atoms with Crippen molar-refractivity contribution in [3.63, 3.8) is 0 Å². The molecule has 1 aromatic carbocycles. The van der Waals surface area contributed by atoms with E-state index in [1.54, 1.807) is 0 Å². The lowest BCUT2D eigenvalue weighted by Gasteiger charge is -2.23. The van der Waals surface area contributed by atoms with Crippen LogP contribution >= 0.6 is 24.0 Å². The molecule has 1 heterocycles. The number of para-hydroxylation sites is 1. The van der Waals surface area contributed by atoms with Crippen LogP contribution in [0.4, 0.5) is 5.69 Å². The molecule has 1 aliphatic rings. The van der Waals surface area contributed by atoms with Crippen molar-refractivity contribution in [3.8, 4) is 0 Å². The van der Waals surface area contributed by atoms with E-state index in [0.29, 0.717) is 0 Å². The molecule has 2 N–H and O–H groups in total. The number of nitrogens with one attached hydrogen (secondary N) is 2. The van der Waals surface area contributed by atoms with E-state index in [4.69, 9.17) is 0 Å². The largest absolute Gasteiger partial charge is 0.372 e. The number of hydrogen-bond donors (Lipinski definition) is 2. The average Bonchev–Trinajstić information content (AvgIpc) is 3.13. The van der Waals surface area contributed by atoms with Gasteiger partial charge in [0, 0.05) is 45.5 Å². The minimum Gasteiger partial charge on any atom is -0.372 e. The molecule has 1 atom stereocenters. The first-order chi connectivity index (χ1) is 12.3. The minimum atomic E-state index is 0. The standard InChI is InChI=1S/C20H35N5.HI/c1-4-24-15-12-18(17-24)16-23-20(21-3)22-13-9-14-25(5-2)19-10-7-6-8-11-19;/h6-8,10-11,18H,4-5,9,12-17H2,1-3H3,(H2,21,22,23);1H. The predicted molar refractivity (Wildman–Crippen MR) is 124 cm³/mol. The molecule has 2 rings (SSSR count). The summed E-state index contributed by atoms with van der Waals surface area (Å²) in [6.07, 6.45) is 2.39. The Morgan fingerprint density at radius 2 is 2.00 bits per heavy atom. The molecule has 5 nitrogen and oxygen atoms in total. The maximum atomic E-state index is 4.35. The van der Waals surface area contributed by atoms with E-state index in [-0.39, 0.29) is 24.0 Å². The second kappa shape index (κ2) is 13.2. The zero-order valence-electron chi connectivity index (χ0n) is 16.6. The highest BCUT2D eigenvalue weighted by atomic mass is 127. The van der Waals surface area contributed by atoms with Crippen molar-refractivity contribution in [1.82, 2.24) is 15.5 Å². The molecule has 148 valence electrons. The number of anilines is 1. The number of nitrogens with zero attached hydrogens (tertiary/aromatic N) is 3. The van der Waals surface area contributed by atoms with E-state index in [1.165, 1.54) is 31.7 Å². The Hall–Kier alpha value is -1.02. The molecule has 1 aliphatic heterocycles. The van der Waals surface area contributed by atoms with E-state index >= 15 is 0 Å². The molecule has 0 saturated carbocycles. The van der Waals surface area contributed by atoms with Gasteiger partial charge >= 0.3 is 0 Å². The first-order valence-electron chi connectivity index (χ1n) is 9.73. The molecule has 0 bridgehead atoms. The normalized spacial score (nSPS) is 17.7. The van der Waals surface area contributed by atoms with Gasteiger partial charge in [0.1, 0.15) is 0 Å². The minimum absolute atomic E-state index is 0. The second-order valence-corrected chi connectivity index (χ2v) is 6.70. The van der Waals surface area contributed by atoms with Crippen molar-refractivity contribution in [2.75, 3.05) is 57.8 Å². The molecule has 1 saturated heterocycles. The van der Waals surface area contributed by atoms with E-state index in [1.807, 2.05) is 7.05 Å². The lowest BCUT2D eigenvalue weighted by atomic mass is 10.1. The molecule has 0 aliphatic carbocycles. The van der Waals surface area contributed by atoms with Crippen LogP contribution in [0.2, 0.25) is 0 Å². The summed E-state index contributed by atoms with van der Waals surface area (Å²) >= 11 is 0. The van der Waals surface area contributed by atoms with E-state index in [0.717, 1.165) is 44.5 Å². The van der Waals surface area contributed by atoms with Crippen LogP contribution < -0.4 is 15.5 Å². The van der Waals surface area contributed by atoms with Gasteiger partial charge in [0.15, 0.2) is 5.96 Å². The lowest BCUT2D eigenvalue weighted by Crippen LogP contribution is -2.41. The van der Waals surface area contributed by atoms with Crippen molar-refractivity contribution in [2.45, 2.75) is 26.7 Å². The summed E-state index contributed by atoms with van der Waals surface area (Å²) in [5.74, 6) is 1.67. The van der Waals surface area contributed by atoms with Crippen LogP contribution in [0, 0.1) is 5.92 Å². The first kappa shape index (κ1) is 23.0. The zero-order chi connectivity index (χ0) is 17.9. The summed E-state index contributed by atoms with van der Waals surface area (Å²) in [7, 11) is 1.85. The fourth-order valence-corrected chi connectivity index (χ4v) is 3.41. The smallest absolute Gasteiger partial charge is 0.190 e. The molecule has 1 fully saturated rings. The molecule has 1 aromatic rings. The molecule has 0 aromatic heterocycles.